The number of nitrogens with one attached hydrogen (secondary N) is 1. The molecule has 0 saturated heterocycles. The molecule has 2 aromatic carbocycles. The SMILES string of the molecule is COc1ccc(N([C@@H](C)C(=O)NCCOc2cc(C)ccc2C)S(C)(=O)=O)cc1OC. The highest BCUT2D eigenvalue weighted by molar-refractivity contribution is 7.92. The second-order valence-electron chi connectivity index (χ2n) is 7.18. The molecule has 0 fully saturated rings. The summed E-state index contributed by atoms with van der Waals surface area (Å²) >= 11 is 0. The molecule has 0 bridgehead atoms. The van der Waals surface area contributed by atoms with E-state index in [1.807, 2.05) is 32.0 Å². The van der Waals surface area contributed by atoms with E-state index in [1.54, 1.807) is 12.1 Å². The fourth-order valence-electron chi connectivity index (χ4n) is 3.12. The summed E-state index contributed by atoms with van der Waals surface area (Å²) < 4.78 is 42.2. The summed E-state index contributed by atoms with van der Waals surface area (Å²) in [5.74, 6) is 1.14. The second-order valence-corrected chi connectivity index (χ2v) is 9.04. The van der Waals surface area contributed by atoms with Gasteiger partial charge >= 0.3 is 0 Å². The predicted molar refractivity (Wildman–Crippen MR) is 121 cm³/mol. The van der Waals surface area contributed by atoms with Crippen LogP contribution in [0.2, 0.25) is 0 Å². The average molecular weight is 451 g/mol. The Labute approximate surface area is 184 Å². The maximum Gasteiger partial charge on any atom is 0.243 e. The lowest BCUT2D eigenvalue weighted by molar-refractivity contribution is -0.121. The Hall–Kier alpha value is -2.94. The Morgan fingerprint density at radius 1 is 1.03 bits per heavy atom. The van der Waals surface area contributed by atoms with Crippen molar-refractivity contribution >= 4 is 21.6 Å². The van der Waals surface area contributed by atoms with Crippen LogP contribution in [0, 0.1) is 13.8 Å². The normalized spacial score (nSPS) is 12.1. The minimum Gasteiger partial charge on any atom is -0.493 e. The van der Waals surface area contributed by atoms with Crippen molar-refractivity contribution in [1.82, 2.24) is 5.32 Å². The summed E-state index contributed by atoms with van der Waals surface area (Å²) in [5.41, 5.74) is 2.38. The van der Waals surface area contributed by atoms with Crippen LogP contribution in [0.25, 0.3) is 0 Å². The van der Waals surface area contributed by atoms with Crippen LogP contribution < -0.4 is 23.8 Å². The smallest absolute Gasteiger partial charge is 0.243 e. The summed E-state index contributed by atoms with van der Waals surface area (Å²) in [5, 5.41) is 2.73. The first kappa shape index (κ1) is 24.3. The maximum absolute atomic E-state index is 12.7. The minimum atomic E-state index is -3.75. The standard InChI is InChI=1S/C22H30N2O6S/c1-15-7-8-16(2)20(13-15)30-12-11-23-22(25)17(3)24(31(6,26)27)18-9-10-19(28-4)21(14-18)29-5/h7-10,13-14,17H,11-12H2,1-6H3,(H,23,25)/t17-/m0/s1. The molecule has 0 radical (unpaired) electrons. The van der Waals surface area contributed by atoms with Gasteiger partial charge in [0.05, 0.1) is 32.7 Å². The van der Waals surface area contributed by atoms with E-state index < -0.39 is 22.0 Å². The van der Waals surface area contributed by atoms with Crippen LogP contribution in [-0.4, -0.2) is 54.0 Å². The van der Waals surface area contributed by atoms with Gasteiger partial charge in [-0.1, -0.05) is 12.1 Å². The molecule has 2 rings (SSSR count). The first-order valence-corrected chi connectivity index (χ1v) is 11.6. The van der Waals surface area contributed by atoms with Crippen LogP contribution in [0.5, 0.6) is 17.2 Å². The molecule has 2 aromatic rings. The van der Waals surface area contributed by atoms with E-state index in [9.17, 15) is 13.2 Å². The predicted octanol–water partition coefficient (Wildman–Crippen LogP) is 2.67. The molecule has 0 saturated carbocycles. The summed E-state index contributed by atoms with van der Waals surface area (Å²) in [6.45, 7) is 5.95. The molecule has 31 heavy (non-hydrogen) atoms. The van der Waals surface area contributed by atoms with Gasteiger partial charge in [0.15, 0.2) is 11.5 Å². The third-order valence-corrected chi connectivity index (χ3v) is 5.95. The van der Waals surface area contributed by atoms with E-state index in [-0.39, 0.29) is 13.2 Å². The molecule has 0 heterocycles. The van der Waals surface area contributed by atoms with Gasteiger partial charge < -0.3 is 19.5 Å². The van der Waals surface area contributed by atoms with Crippen molar-refractivity contribution in [3.05, 3.63) is 47.5 Å². The zero-order valence-electron chi connectivity index (χ0n) is 18.8. The fourth-order valence-corrected chi connectivity index (χ4v) is 4.28. The zero-order chi connectivity index (χ0) is 23.2. The highest BCUT2D eigenvalue weighted by atomic mass is 32.2. The molecule has 0 unspecified atom stereocenters. The largest absolute Gasteiger partial charge is 0.493 e. The number of anilines is 1. The van der Waals surface area contributed by atoms with Gasteiger partial charge in [-0.3, -0.25) is 9.10 Å². The topological polar surface area (TPSA) is 94.2 Å². The second kappa shape index (κ2) is 10.4. The number of benzene rings is 2. The Balaban J connectivity index is 2.09. The van der Waals surface area contributed by atoms with Gasteiger partial charge in [0.2, 0.25) is 15.9 Å². The molecule has 1 N–H and O–H groups in total. The summed E-state index contributed by atoms with van der Waals surface area (Å²) in [4.78, 5) is 12.7. The van der Waals surface area contributed by atoms with E-state index in [0.29, 0.717) is 17.2 Å². The molecular formula is C22H30N2O6S. The van der Waals surface area contributed by atoms with Crippen LogP contribution in [0.4, 0.5) is 5.69 Å². The number of ether oxygens (including phenoxy) is 3. The van der Waals surface area contributed by atoms with Crippen molar-refractivity contribution in [3.63, 3.8) is 0 Å². The van der Waals surface area contributed by atoms with Gasteiger partial charge in [-0.15, -0.1) is 0 Å². The molecule has 0 aliphatic carbocycles. The molecule has 1 amide bonds. The van der Waals surface area contributed by atoms with E-state index >= 15 is 0 Å². The number of carbonyl (C=O) groups excluding carboxylic acids is 1. The van der Waals surface area contributed by atoms with Crippen LogP contribution in [0.3, 0.4) is 0 Å². The molecule has 0 aliphatic rings. The molecule has 9 heteroatoms. The lowest BCUT2D eigenvalue weighted by atomic mass is 10.1. The number of nitrogens with zero attached hydrogens (tertiary/aromatic N) is 1. The molecule has 0 spiro atoms. The molecule has 0 aliphatic heterocycles. The fraction of sp³-hybridized carbons (Fsp3) is 0.409. The Morgan fingerprint density at radius 2 is 1.71 bits per heavy atom. The Kier molecular flexibility index (Phi) is 8.15. The Morgan fingerprint density at radius 3 is 2.32 bits per heavy atom. The van der Waals surface area contributed by atoms with Gasteiger partial charge in [-0.25, -0.2) is 8.42 Å². The van der Waals surface area contributed by atoms with E-state index in [0.717, 1.165) is 27.4 Å². The lowest BCUT2D eigenvalue weighted by Gasteiger charge is -2.28. The van der Waals surface area contributed by atoms with E-state index in [2.05, 4.69) is 5.32 Å². The maximum atomic E-state index is 12.7. The first-order valence-electron chi connectivity index (χ1n) is 9.77. The number of methoxy groups -OCH3 is 2. The van der Waals surface area contributed by atoms with E-state index in [4.69, 9.17) is 14.2 Å². The lowest BCUT2D eigenvalue weighted by Crippen LogP contribution is -2.48. The highest BCUT2D eigenvalue weighted by Crippen LogP contribution is 2.33. The Bertz CT molecular complexity index is 1020. The quantitative estimate of drug-likeness (QED) is 0.560. The third kappa shape index (κ3) is 6.27. The van der Waals surface area contributed by atoms with Gasteiger partial charge in [-0.2, -0.15) is 0 Å². The van der Waals surface area contributed by atoms with Gasteiger partial charge in [-0.05, 0) is 50.1 Å². The number of amides is 1. The van der Waals surface area contributed by atoms with Crippen molar-refractivity contribution in [2.75, 3.05) is 37.9 Å². The molecule has 1 atom stereocenters. The van der Waals surface area contributed by atoms with Gasteiger partial charge in [0.25, 0.3) is 0 Å². The first-order chi connectivity index (χ1) is 14.6. The third-order valence-electron chi connectivity index (χ3n) is 4.71. The number of sulfonamides is 1. The van der Waals surface area contributed by atoms with Crippen molar-refractivity contribution in [1.29, 1.82) is 0 Å². The van der Waals surface area contributed by atoms with Crippen LogP contribution in [0.1, 0.15) is 18.1 Å². The molecule has 8 nitrogen and oxygen atoms in total. The number of hydrogen-bond acceptors (Lipinski definition) is 6. The van der Waals surface area contributed by atoms with Crippen molar-refractivity contribution in [2.45, 2.75) is 26.8 Å². The highest BCUT2D eigenvalue weighted by Gasteiger charge is 2.29. The number of rotatable bonds is 10. The van der Waals surface area contributed by atoms with Crippen LogP contribution in [-0.2, 0) is 14.8 Å². The average Bonchev–Trinajstić information content (AvgIpc) is 2.72. The molecule has 0 aromatic heterocycles. The number of carbonyl (C=O) groups is 1. The number of aryl methyl sites for hydroxylation is 2. The van der Waals surface area contributed by atoms with Crippen LogP contribution >= 0.6 is 0 Å². The van der Waals surface area contributed by atoms with Gasteiger partial charge in [0.1, 0.15) is 18.4 Å². The van der Waals surface area contributed by atoms with Crippen molar-refractivity contribution in [3.8, 4) is 17.2 Å². The molecular weight excluding hydrogens is 420 g/mol. The van der Waals surface area contributed by atoms with Crippen LogP contribution in [0.15, 0.2) is 36.4 Å². The minimum absolute atomic E-state index is 0.236. The number of hydrogen-bond donors (Lipinski definition) is 1. The summed E-state index contributed by atoms with van der Waals surface area (Å²) in [7, 11) is -0.801. The summed E-state index contributed by atoms with van der Waals surface area (Å²) in [6, 6.07) is 9.60. The van der Waals surface area contributed by atoms with E-state index in [1.165, 1.54) is 27.2 Å². The molecule has 170 valence electrons. The van der Waals surface area contributed by atoms with Gasteiger partial charge in [0, 0.05) is 6.07 Å². The summed E-state index contributed by atoms with van der Waals surface area (Å²) in [6.07, 6.45) is 1.05. The zero-order valence-corrected chi connectivity index (χ0v) is 19.6. The van der Waals surface area contributed by atoms with Crippen molar-refractivity contribution < 1.29 is 27.4 Å². The monoisotopic (exact) mass is 450 g/mol. The van der Waals surface area contributed by atoms with Crippen molar-refractivity contribution in [2.24, 2.45) is 0 Å².